The average molecular weight is 484 g/mol. The van der Waals surface area contributed by atoms with E-state index in [0.29, 0.717) is 11.3 Å². The first-order valence-corrected chi connectivity index (χ1v) is 11.0. The molecular formula is C23H27Cl2NO6. The lowest BCUT2D eigenvalue weighted by Gasteiger charge is -2.21. The normalized spacial score (nSPS) is 10.4. The van der Waals surface area contributed by atoms with Crippen LogP contribution in [0.15, 0.2) is 30.3 Å². The van der Waals surface area contributed by atoms with Crippen molar-refractivity contribution in [3.63, 3.8) is 0 Å². The molecule has 32 heavy (non-hydrogen) atoms. The van der Waals surface area contributed by atoms with Crippen LogP contribution in [0, 0.1) is 0 Å². The third-order valence-electron chi connectivity index (χ3n) is 4.44. The molecule has 0 heterocycles. The van der Waals surface area contributed by atoms with E-state index in [1.807, 2.05) is 19.1 Å². The molecule has 0 aliphatic carbocycles. The fourth-order valence-electron chi connectivity index (χ4n) is 3.00. The summed E-state index contributed by atoms with van der Waals surface area (Å²) in [7, 11) is 1.61. The highest BCUT2D eigenvalue weighted by molar-refractivity contribution is 6.37. The zero-order valence-corrected chi connectivity index (χ0v) is 20.1. The van der Waals surface area contributed by atoms with Gasteiger partial charge < -0.3 is 18.9 Å². The summed E-state index contributed by atoms with van der Waals surface area (Å²) < 4.78 is 21.2. The van der Waals surface area contributed by atoms with Crippen LogP contribution in [0.3, 0.4) is 0 Å². The van der Waals surface area contributed by atoms with Gasteiger partial charge in [-0.25, -0.2) is 4.79 Å². The van der Waals surface area contributed by atoms with Gasteiger partial charge in [0.05, 0.1) is 30.4 Å². The van der Waals surface area contributed by atoms with Crippen LogP contribution in [-0.2, 0) is 27.2 Å². The fourth-order valence-corrected chi connectivity index (χ4v) is 3.61. The van der Waals surface area contributed by atoms with Gasteiger partial charge in [0, 0.05) is 6.54 Å². The van der Waals surface area contributed by atoms with Crippen LogP contribution in [0.25, 0.3) is 0 Å². The maximum atomic E-state index is 12.3. The number of halogens is 2. The summed E-state index contributed by atoms with van der Waals surface area (Å²) in [5.74, 6) is 1.09. The summed E-state index contributed by atoms with van der Waals surface area (Å²) in [4.78, 5) is 25.4. The van der Waals surface area contributed by atoms with Gasteiger partial charge in [0.1, 0.15) is 18.0 Å². The first-order valence-electron chi connectivity index (χ1n) is 10.2. The van der Waals surface area contributed by atoms with Crippen molar-refractivity contribution in [1.82, 2.24) is 4.90 Å². The summed E-state index contributed by atoms with van der Waals surface area (Å²) in [6.07, 6.45) is 0.128. The number of rotatable bonds is 10. The number of hydrogen-bond acceptors (Lipinski definition) is 6. The minimum absolute atomic E-state index is 0.0554. The highest BCUT2D eigenvalue weighted by Crippen LogP contribution is 2.38. The quantitative estimate of drug-likeness (QED) is 0.392. The molecule has 9 heteroatoms. The van der Waals surface area contributed by atoms with Crippen LogP contribution in [0.5, 0.6) is 17.2 Å². The molecule has 0 atom stereocenters. The molecular weight excluding hydrogens is 457 g/mol. The van der Waals surface area contributed by atoms with Crippen molar-refractivity contribution in [3.05, 3.63) is 51.5 Å². The summed E-state index contributed by atoms with van der Waals surface area (Å²) in [6.45, 7) is 5.58. The van der Waals surface area contributed by atoms with Gasteiger partial charge in [-0.3, -0.25) is 9.69 Å². The lowest BCUT2D eigenvalue weighted by molar-refractivity contribution is -0.144. The number of aryl methyl sites for hydroxylation is 1. The van der Waals surface area contributed by atoms with Crippen molar-refractivity contribution >= 4 is 35.3 Å². The zero-order valence-electron chi connectivity index (χ0n) is 18.6. The van der Waals surface area contributed by atoms with Crippen LogP contribution in [0.1, 0.15) is 31.9 Å². The molecule has 0 radical (unpaired) electrons. The van der Waals surface area contributed by atoms with Crippen molar-refractivity contribution in [2.75, 3.05) is 26.9 Å². The van der Waals surface area contributed by atoms with Crippen LogP contribution in [-0.4, -0.2) is 43.8 Å². The van der Waals surface area contributed by atoms with Crippen molar-refractivity contribution < 1.29 is 28.5 Å². The molecule has 0 saturated carbocycles. The minimum atomic E-state index is -0.640. The number of benzene rings is 2. The number of carbonyl (C=O) groups is 2. The molecule has 0 saturated heterocycles. The first-order chi connectivity index (χ1) is 15.3. The molecule has 7 nitrogen and oxygen atoms in total. The van der Waals surface area contributed by atoms with Gasteiger partial charge in [-0.2, -0.15) is 0 Å². The number of amides is 1. The standard InChI is InChI=1S/C23H27Cl2NO6/c1-5-16-12-17(8-9-20(16)29-4)32-22-18(24)10-15(11-19(22)25)13-26(23(28)31-7-3)14-21(27)30-6-2/h8-12H,5-7,13-14H2,1-4H3. The van der Waals surface area contributed by atoms with Crippen LogP contribution in [0.2, 0.25) is 10.0 Å². The Morgan fingerprint density at radius 1 is 0.969 bits per heavy atom. The number of esters is 1. The molecule has 0 spiro atoms. The van der Waals surface area contributed by atoms with E-state index in [0.717, 1.165) is 17.7 Å². The molecule has 2 aromatic rings. The van der Waals surface area contributed by atoms with E-state index in [2.05, 4.69) is 0 Å². The summed E-state index contributed by atoms with van der Waals surface area (Å²) in [6, 6.07) is 8.70. The van der Waals surface area contributed by atoms with Crippen molar-refractivity contribution in [3.8, 4) is 17.2 Å². The maximum Gasteiger partial charge on any atom is 0.410 e. The second-order valence-corrected chi connectivity index (χ2v) is 7.49. The van der Waals surface area contributed by atoms with E-state index in [-0.39, 0.29) is 42.1 Å². The molecule has 0 aromatic heterocycles. The van der Waals surface area contributed by atoms with E-state index < -0.39 is 12.1 Å². The summed E-state index contributed by atoms with van der Waals surface area (Å²) in [5, 5.41) is 0.530. The van der Waals surface area contributed by atoms with Gasteiger partial charge in [0.25, 0.3) is 0 Å². The number of nitrogens with zero attached hydrogens (tertiary/aromatic N) is 1. The maximum absolute atomic E-state index is 12.3. The molecule has 0 aliphatic rings. The van der Waals surface area contributed by atoms with Gasteiger partial charge in [-0.05, 0) is 61.7 Å². The second-order valence-electron chi connectivity index (χ2n) is 6.68. The lowest BCUT2D eigenvalue weighted by atomic mass is 10.1. The largest absolute Gasteiger partial charge is 0.496 e. The van der Waals surface area contributed by atoms with Gasteiger partial charge >= 0.3 is 12.1 Å². The molecule has 0 N–H and O–H groups in total. The number of hydrogen-bond donors (Lipinski definition) is 0. The smallest absolute Gasteiger partial charge is 0.410 e. The highest BCUT2D eigenvalue weighted by atomic mass is 35.5. The SMILES string of the molecule is CCOC(=O)CN(Cc1cc(Cl)c(Oc2ccc(OC)c(CC)c2)c(Cl)c1)C(=O)OCC. The summed E-state index contributed by atoms with van der Waals surface area (Å²) in [5.41, 5.74) is 1.59. The van der Waals surface area contributed by atoms with Crippen molar-refractivity contribution in [2.24, 2.45) is 0 Å². The Morgan fingerprint density at radius 2 is 1.62 bits per heavy atom. The Balaban J connectivity index is 2.24. The van der Waals surface area contributed by atoms with Crippen molar-refractivity contribution in [2.45, 2.75) is 33.7 Å². The van der Waals surface area contributed by atoms with E-state index >= 15 is 0 Å². The van der Waals surface area contributed by atoms with Crippen LogP contribution in [0.4, 0.5) is 4.79 Å². The monoisotopic (exact) mass is 483 g/mol. The molecule has 0 bridgehead atoms. The van der Waals surface area contributed by atoms with Gasteiger partial charge in [0.2, 0.25) is 0 Å². The fraction of sp³-hybridized carbons (Fsp3) is 0.391. The first kappa shape index (κ1) is 25.6. The van der Waals surface area contributed by atoms with E-state index in [1.165, 1.54) is 4.90 Å². The molecule has 0 fully saturated rings. The molecule has 1 amide bonds. The van der Waals surface area contributed by atoms with Crippen LogP contribution >= 0.6 is 23.2 Å². The number of methoxy groups -OCH3 is 1. The van der Waals surface area contributed by atoms with Gasteiger partial charge in [-0.15, -0.1) is 0 Å². The Labute approximate surface area is 198 Å². The predicted octanol–water partition coefficient (Wildman–Crippen LogP) is 5.88. The second kappa shape index (κ2) is 12.4. The highest BCUT2D eigenvalue weighted by Gasteiger charge is 2.21. The van der Waals surface area contributed by atoms with E-state index in [9.17, 15) is 9.59 Å². The van der Waals surface area contributed by atoms with Crippen LogP contribution < -0.4 is 9.47 Å². The zero-order chi connectivity index (χ0) is 23.7. The molecule has 0 unspecified atom stereocenters. The third-order valence-corrected chi connectivity index (χ3v) is 5.00. The molecule has 174 valence electrons. The summed E-state index contributed by atoms with van der Waals surface area (Å²) >= 11 is 12.9. The van der Waals surface area contributed by atoms with Gasteiger partial charge in [0.15, 0.2) is 5.75 Å². The Morgan fingerprint density at radius 3 is 2.19 bits per heavy atom. The van der Waals surface area contributed by atoms with Gasteiger partial charge in [-0.1, -0.05) is 30.1 Å². The van der Waals surface area contributed by atoms with E-state index in [4.69, 9.17) is 42.1 Å². The van der Waals surface area contributed by atoms with Crippen molar-refractivity contribution in [1.29, 1.82) is 0 Å². The molecule has 0 aliphatic heterocycles. The minimum Gasteiger partial charge on any atom is -0.496 e. The Kier molecular flexibility index (Phi) is 9.94. The number of carbonyl (C=O) groups excluding carboxylic acids is 2. The average Bonchev–Trinajstić information content (AvgIpc) is 2.76. The topological polar surface area (TPSA) is 74.3 Å². The lowest BCUT2D eigenvalue weighted by Crippen LogP contribution is -2.36. The molecule has 2 rings (SSSR count). The molecule has 2 aromatic carbocycles. The number of ether oxygens (including phenoxy) is 4. The van der Waals surface area contributed by atoms with E-state index in [1.54, 1.807) is 39.2 Å². The Hall–Kier alpha value is -2.64. The third kappa shape index (κ3) is 6.93. The predicted molar refractivity (Wildman–Crippen MR) is 123 cm³/mol. The Bertz CT molecular complexity index is 927.